The van der Waals surface area contributed by atoms with Gasteiger partial charge in [0.25, 0.3) is 0 Å². The van der Waals surface area contributed by atoms with Crippen LogP contribution in [0.3, 0.4) is 0 Å². The minimum absolute atomic E-state index is 0.131. The second-order valence-electron chi connectivity index (χ2n) is 4.74. The first kappa shape index (κ1) is 16.6. The highest BCUT2D eigenvalue weighted by Crippen LogP contribution is 2.29. The lowest BCUT2D eigenvalue weighted by Crippen LogP contribution is -2.38. The van der Waals surface area contributed by atoms with Crippen LogP contribution in [0.25, 0.3) is 0 Å². The van der Waals surface area contributed by atoms with Gasteiger partial charge < -0.3 is 0 Å². The Morgan fingerprint density at radius 2 is 2.10 bits per heavy atom. The lowest BCUT2D eigenvalue weighted by molar-refractivity contribution is 0.330. The van der Waals surface area contributed by atoms with Crippen molar-refractivity contribution in [3.05, 3.63) is 27.7 Å². The largest absolute Gasteiger partial charge is 0.244 e. The van der Waals surface area contributed by atoms with Gasteiger partial charge in [-0.1, -0.05) is 18.0 Å². The topological polar surface area (TPSA) is 66.8 Å². The highest BCUT2D eigenvalue weighted by molar-refractivity contribution is 9.10. The molecule has 21 heavy (non-hydrogen) atoms. The zero-order chi connectivity index (χ0) is 15.5. The summed E-state index contributed by atoms with van der Waals surface area (Å²) in [5, 5.41) is 0.437. The van der Waals surface area contributed by atoms with Crippen LogP contribution in [-0.4, -0.2) is 31.5 Å². The third kappa shape index (κ3) is 3.73. The molecule has 0 amide bonds. The van der Waals surface area contributed by atoms with Crippen LogP contribution >= 0.6 is 27.5 Å². The Morgan fingerprint density at radius 1 is 1.33 bits per heavy atom. The second-order valence-corrected chi connectivity index (χ2v) is 7.89. The Hall–Kier alpha value is -0.720. The van der Waals surface area contributed by atoms with Crippen LogP contribution in [0.4, 0.5) is 0 Å². The molecule has 2 rings (SSSR count). The van der Waals surface area contributed by atoms with E-state index in [0.717, 1.165) is 19.3 Å². The molecule has 0 radical (unpaired) electrons. The van der Waals surface area contributed by atoms with Crippen LogP contribution in [0.5, 0.6) is 0 Å². The molecular weight excluding hydrogens is 380 g/mol. The van der Waals surface area contributed by atoms with E-state index in [9.17, 15) is 13.2 Å². The van der Waals surface area contributed by atoms with E-state index >= 15 is 0 Å². The predicted octanol–water partition coefficient (Wildman–Crippen LogP) is 3.33. The Balaban J connectivity index is 2.43. The van der Waals surface area contributed by atoms with Gasteiger partial charge in [0.05, 0.1) is 9.92 Å². The monoisotopic (exact) mass is 392 g/mol. The zero-order valence-electron chi connectivity index (χ0n) is 11.1. The molecule has 8 heteroatoms. The summed E-state index contributed by atoms with van der Waals surface area (Å²) in [7, 11) is -3.72. The molecule has 1 heterocycles. The predicted molar refractivity (Wildman–Crippen MR) is 83.4 cm³/mol. The van der Waals surface area contributed by atoms with Crippen molar-refractivity contribution in [1.29, 1.82) is 0 Å². The normalized spacial score (nSPS) is 20.6. The molecule has 0 aromatic heterocycles. The zero-order valence-corrected chi connectivity index (χ0v) is 14.3. The molecule has 1 aliphatic heterocycles. The summed E-state index contributed by atoms with van der Waals surface area (Å²) in [6.45, 7) is 0.346. The maximum absolute atomic E-state index is 12.8. The van der Waals surface area contributed by atoms with E-state index in [0.29, 0.717) is 22.5 Å². The van der Waals surface area contributed by atoms with E-state index < -0.39 is 16.2 Å². The number of sulfonamides is 1. The molecule has 114 valence electrons. The van der Waals surface area contributed by atoms with Gasteiger partial charge in [-0.15, -0.1) is 0 Å². The van der Waals surface area contributed by atoms with Crippen molar-refractivity contribution in [3.63, 3.8) is 0 Å². The summed E-state index contributed by atoms with van der Waals surface area (Å²) in [5.74, 6) is 0. The summed E-state index contributed by atoms with van der Waals surface area (Å²) in [5.41, 5.74) is 0. The molecule has 5 nitrogen and oxygen atoms in total. The Bertz CT molecular complexity index is 674. The molecule has 0 bridgehead atoms. The van der Waals surface area contributed by atoms with Crippen molar-refractivity contribution in [2.45, 2.75) is 36.7 Å². The van der Waals surface area contributed by atoms with Crippen LogP contribution in [0.2, 0.25) is 5.02 Å². The first-order valence-corrected chi connectivity index (χ1v) is 9.12. The van der Waals surface area contributed by atoms with E-state index in [-0.39, 0.29) is 4.90 Å². The van der Waals surface area contributed by atoms with Crippen LogP contribution < -0.4 is 0 Å². The van der Waals surface area contributed by atoms with Crippen molar-refractivity contribution in [1.82, 2.24) is 4.31 Å². The van der Waals surface area contributed by atoms with Gasteiger partial charge in [-0.3, -0.25) is 0 Å². The number of rotatable bonds is 3. The number of isocyanates is 1. The number of benzene rings is 1. The fourth-order valence-corrected chi connectivity index (χ4v) is 4.58. The van der Waals surface area contributed by atoms with Gasteiger partial charge in [-0.25, -0.2) is 13.2 Å². The van der Waals surface area contributed by atoms with Crippen LogP contribution in [0.15, 0.2) is 32.6 Å². The maximum Gasteiger partial charge on any atom is 0.244 e. The minimum atomic E-state index is -3.72. The van der Waals surface area contributed by atoms with Gasteiger partial charge in [-0.05, 0) is 53.4 Å². The molecule has 0 N–H and O–H groups in total. The van der Waals surface area contributed by atoms with Gasteiger partial charge in [0, 0.05) is 11.0 Å². The molecule has 1 aromatic rings. The smallest absolute Gasteiger partial charge is 0.211 e. The summed E-state index contributed by atoms with van der Waals surface area (Å²) >= 11 is 9.12. The van der Waals surface area contributed by atoms with E-state index in [2.05, 4.69) is 20.9 Å². The van der Waals surface area contributed by atoms with Gasteiger partial charge in [0.15, 0.2) is 0 Å². The lowest BCUT2D eigenvalue weighted by Gasteiger charge is -2.25. The number of nitrogens with zero attached hydrogens (tertiary/aromatic N) is 2. The van der Waals surface area contributed by atoms with E-state index in [1.165, 1.54) is 28.6 Å². The average molecular weight is 394 g/mol. The second kappa shape index (κ2) is 7.03. The summed E-state index contributed by atoms with van der Waals surface area (Å²) < 4.78 is 27.3. The first-order chi connectivity index (χ1) is 9.96. The van der Waals surface area contributed by atoms with E-state index in [4.69, 9.17) is 11.6 Å². The number of hydrogen-bond acceptors (Lipinski definition) is 4. The quantitative estimate of drug-likeness (QED) is 0.584. The third-order valence-corrected chi connectivity index (χ3v) is 6.48. The molecule has 0 spiro atoms. The van der Waals surface area contributed by atoms with Crippen LogP contribution in [-0.2, 0) is 14.8 Å². The van der Waals surface area contributed by atoms with Gasteiger partial charge >= 0.3 is 0 Å². The standard InChI is InChI=1S/C13H14BrClN2O3S/c14-11-8-10(5-6-12(11)15)21(19,20)17-7-3-1-2-4-13(17)16-9-18/h5-6,8,13H,1-4,7H2. The third-order valence-electron chi connectivity index (χ3n) is 3.37. The number of carbonyl (C=O) groups excluding carboxylic acids is 1. The number of halogens is 2. The lowest BCUT2D eigenvalue weighted by atomic mass is 10.2. The Labute approximate surface area is 137 Å². The molecule has 0 saturated carbocycles. The van der Waals surface area contributed by atoms with Crippen molar-refractivity contribution in [3.8, 4) is 0 Å². The van der Waals surface area contributed by atoms with Crippen molar-refractivity contribution < 1.29 is 13.2 Å². The minimum Gasteiger partial charge on any atom is -0.211 e. The van der Waals surface area contributed by atoms with E-state index in [1.807, 2.05) is 0 Å². The van der Waals surface area contributed by atoms with Crippen LogP contribution in [0.1, 0.15) is 25.7 Å². The molecule has 0 aliphatic carbocycles. The van der Waals surface area contributed by atoms with Gasteiger partial charge in [-0.2, -0.15) is 9.30 Å². The Kier molecular flexibility index (Phi) is 5.57. The van der Waals surface area contributed by atoms with Crippen molar-refractivity contribution in [2.75, 3.05) is 6.54 Å². The fourth-order valence-electron chi connectivity index (χ4n) is 2.31. The maximum atomic E-state index is 12.8. The highest BCUT2D eigenvalue weighted by atomic mass is 79.9. The average Bonchev–Trinajstić information content (AvgIpc) is 2.68. The number of aliphatic imine (C=N–C) groups is 1. The molecule has 1 unspecified atom stereocenters. The highest BCUT2D eigenvalue weighted by Gasteiger charge is 2.32. The number of hydrogen-bond donors (Lipinski definition) is 0. The fraction of sp³-hybridized carbons (Fsp3) is 0.462. The molecule has 1 saturated heterocycles. The van der Waals surface area contributed by atoms with Crippen molar-refractivity contribution in [2.24, 2.45) is 4.99 Å². The summed E-state index contributed by atoms with van der Waals surface area (Å²) in [6.07, 6.45) is 3.84. The first-order valence-electron chi connectivity index (χ1n) is 6.50. The Morgan fingerprint density at radius 3 is 2.76 bits per heavy atom. The van der Waals surface area contributed by atoms with Crippen molar-refractivity contribution >= 4 is 43.6 Å². The van der Waals surface area contributed by atoms with Gasteiger partial charge in [0.1, 0.15) is 6.17 Å². The molecular formula is C13H14BrClN2O3S. The van der Waals surface area contributed by atoms with Crippen LogP contribution in [0, 0.1) is 0 Å². The summed E-state index contributed by atoms with van der Waals surface area (Å²) in [6, 6.07) is 4.44. The molecule has 1 aliphatic rings. The van der Waals surface area contributed by atoms with E-state index in [1.54, 1.807) is 0 Å². The summed E-state index contributed by atoms with van der Waals surface area (Å²) in [4.78, 5) is 14.3. The van der Waals surface area contributed by atoms with Gasteiger partial charge in [0.2, 0.25) is 16.1 Å². The molecule has 1 fully saturated rings. The molecule has 1 atom stereocenters. The molecule has 1 aromatic carbocycles. The SMILES string of the molecule is O=C=NC1CCCCCN1S(=O)(=O)c1ccc(Cl)c(Br)c1.